The Morgan fingerprint density at radius 3 is 2.59 bits per heavy atom. The summed E-state index contributed by atoms with van der Waals surface area (Å²) in [5.74, 6) is 0.414. The van der Waals surface area contributed by atoms with Gasteiger partial charge in [0, 0.05) is 43.3 Å². The van der Waals surface area contributed by atoms with Gasteiger partial charge in [-0.25, -0.2) is 0 Å². The highest BCUT2D eigenvalue weighted by atomic mass is 16.5. The summed E-state index contributed by atoms with van der Waals surface area (Å²) in [6, 6.07) is 14.3. The number of amides is 1. The van der Waals surface area contributed by atoms with Crippen LogP contribution in [0.3, 0.4) is 0 Å². The largest absolute Gasteiger partial charge is 0.497 e. The van der Waals surface area contributed by atoms with E-state index in [1.165, 1.54) is 4.57 Å². The first-order valence-electron chi connectivity index (χ1n) is 8.71. The molecule has 0 radical (unpaired) electrons. The number of ether oxygens (including phenoxy) is 2. The number of carbonyl (C=O) groups excluding carboxylic acids is 1. The first kappa shape index (κ1) is 18.7. The first-order valence-corrected chi connectivity index (χ1v) is 8.71. The highest BCUT2D eigenvalue weighted by Gasteiger charge is 2.15. The predicted molar refractivity (Wildman–Crippen MR) is 105 cm³/mol. The van der Waals surface area contributed by atoms with E-state index >= 15 is 0 Å². The molecule has 0 spiro atoms. The van der Waals surface area contributed by atoms with Crippen LogP contribution in [0.25, 0.3) is 16.5 Å². The fourth-order valence-corrected chi connectivity index (χ4v) is 2.94. The molecule has 6 nitrogen and oxygen atoms in total. The Morgan fingerprint density at radius 1 is 1.07 bits per heavy atom. The number of pyridine rings is 1. The van der Waals surface area contributed by atoms with Crippen molar-refractivity contribution in [1.82, 2.24) is 9.88 Å². The van der Waals surface area contributed by atoms with Crippen molar-refractivity contribution in [3.8, 4) is 11.4 Å². The van der Waals surface area contributed by atoms with Crippen LogP contribution in [0.1, 0.15) is 16.8 Å². The second kappa shape index (κ2) is 8.51. The molecule has 0 aliphatic carbocycles. The lowest BCUT2D eigenvalue weighted by molar-refractivity contribution is 0.0949. The summed E-state index contributed by atoms with van der Waals surface area (Å²) in [7, 11) is 3.19. The fraction of sp³-hybridized carbons (Fsp3) is 0.238. The lowest BCUT2D eigenvalue weighted by Gasteiger charge is -2.13. The number of nitrogens with zero attached hydrogens (tertiary/aromatic N) is 1. The van der Waals surface area contributed by atoms with Crippen LogP contribution in [0.2, 0.25) is 0 Å². The molecule has 27 heavy (non-hydrogen) atoms. The molecule has 140 valence electrons. The van der Waals surface area contributed by atoms with E-state index in [2.05, 4.69) is 5.32 Å². The molecule has 0 fully saturated rings. The number of nitrogens with one attached hydrogen (secondary N) is 1. The highest BCUT2D eigenvalue weighted by Crippen LogP contribution is 2.20. The zero-order chi connectivity index (χ0) is 19.2. The minimum atomic E-state index is -0.223. The van der Waals surface area contributed by atoms with E-state index in [1.807, 2.05) is 6.07 Å². The van der Waals surface area contributed by atoms with Gasteiger partial charge in [-0.2, -0.15) is 0 Å². The fourth-order valence-electron chi connectivity index (χ4n) is 2.94. The zero-order valence-electron chi connectivity index (χ0n) is 15.4. The van der Waals surface area contributed by atoms with Crippen LogP contribution in [-0.4, -0.2) is 37.8 Å². The molecule has 0 bridgehead atoms. The summed E-state index contributed by atoms with van der Waals surface area (Å²) in [4.78, 5) is 25.7. The lowest BCUT2D eigenvalue weighted by atomic mass is 10.1. The van der Waals surface area contributed by atoms with Crippen molar-refractivity contribution in [2.75, 3.05) is 27.4 Å². The van der Waals surface area contributed by atoms with Gasteiger partial charge in [0.05, 0.1) is 18.4 Å². The molecule has 1 aromatic heterocycles. The van der Waals surface area contributed by atoms with Crippen LogP contribution >= 0.6 is 0 Å². The number of fused-ring (bicyclic) bond motifs is 1. The average Bonchev–Trinajstić information content (AvgIpc) is 2.71. The number of carbonyl (C=O) groups is 1. The molecule has 1 amide bonds. The Balaban J connectivity index is 2.09. The number of hydrogen-bond donors (Lipinski definition) is 1. The smallest absolute Gasteiger partial charge is 0.262 e. The Bertz CT molecular complexity index is 1010. The minimum absolute atomic E-state index is 0.185. The Hall–Kier alpha value is -3.12. The molecule has 1 N–H and O–H groups in total. The third kappa shape index (κ3) is 4.01. The molecule has 0 saturated heterocycles. The van der Waals surface area contributed by atoms with Gasteiger partial charge in [-0.15, -0.1) is 0 Å². The summed E-state index contributed by atoms with van der Waals surface area (Å²) in [5, 5.41) is 4.01. The van der Waals surface area contributed by atoms with E-state index in [-0.39, 0.29) is 11.5 Å². The van der Waals surface area contributed by atoms with E-state index < -0.39 is 0 Å². The Morgan fingerprint density at radius 2 is 1.85 bits per heavy atom. The summed E-state index contributed by atoms with van der Waals surface area (Å²) in [5.41, 5.74) is 0.902. The van der Waals surface area contributed by atoms with Crippen LogP contribution in [0.5, 0.6) is 5.75 Å². The molecule has 2 aromatic carbocycles. The van der Waals surface area contributed by atoms with Gasteiger partial charge < -0.3 is 14.8 Å². The highest BCUT2D eigenvalue weighted by molar-refractivity contribution is 6.06. The van der Waals surface area contributed by atoms with Crippen molar-refractivity contribution in [2.45, 2.75) is 6.42 Å². The number of methoxy groups -OCH3 is 2. The van der Waals surface area contributed by atoms with Crippen molar-refractivity contribution in [3.05, 3.63) is 70.6 Å². The van der Waals surface area contributed by atoms with Crippen LogP contribution in [0, 0.1) is 0 Å². The van der Waals surface area contributed by atoms with Crippen LogP contribution in [0.15, 0.2) is 59.5 Å². The molecule has 6 heteroatoms. The average molecular weight is 366 g/mol. The van der Waals surface area contributed by atoms with Crippen molar-refractivity contribution in [2.24, 2.45) is 0 Å². The second-order valence-electron chi connectivity index (χ2n) is 6.07. The minimum Gasteiger partial charge on any atom is -0.497 e. The SMILES string of the molecule is COCCCNC(=O)c1cn(-c2cccc(OC)c2)c(=O)c2ccccc12. The Labute approximate surface area is 157 Å². The molecule has 3 aromatic rings. The molecule has 0 aliphatic heterocycles. The second-order valence-corrected chi connectivity index (χ2v) is 6.07. The van der Waals surface area contributed by atoms with E-state index in [9.17, 15) is 9.59 Å². The van der Waals surface area contributed by atoms with Crippen molar-refractivity contribution in [1.29, 1.82) is 0 Å². The summed E-state index contributed by atoms with van der Waals surface area (Å²) >= 11 is 0. The standard InChI is InChI=1S/C21H22N2O4/c1-26-12-6-11-22-20(24)19-14-23(15-7-5-8-16(13-15)27-2)21(25)18-10-4-3-9-17(18)19/h3-5,7-10,13-14H,6,11-12H2,1-2H3,(H,22,24). The molecular weight excluding hydrogens is 344 g/mol. The summed E-state index contributed by atoms with van der Waals surface area (Å²) in [6.07, 6.45) is 2.31. The van der Waals surface area contributed by atoms with Crippen molar-refractivity contribution < 1.29 is 14.3 Å². The Kier molecular flexibility index (Phi) is 5.88. The zero-order valence-corrected chi connectivity index (χ0v) is 15.4. The van der Waals surface area contributed by atoms with Gasteiger partial charge in [0.1, 0.15) is 5.75 Å². The van der Waals surface area contributed by atoms with Gasteiger partial charge in [0.15, 0.2) is 0 Å². The molecule has 0 saturated carbocycles. The maximum Gasteiger partial charge on any atom is 0.262 e. The van der Waals surface area contributed by atoms with E-state index in [4.69, 9.17) is 9.47 Å². The number of hydrogen-bond acceptors (Lipinski definition) is 4. The normalized spacial score (nSPS) is 10.7. The van der Waals surface area contributed by atoms with Crippen molar-refractivity contribution in [3.63, 3.8) is 0 Å². The van der Waals surface area contributed by atoms with E-state index in [1.54, 1.807) is 62.9 Å². The van der Waals surface area contributed by atoms with Gasteiger partial charge in [-0.3, -0.25) is 14.2 Å². The van der Waals surface area contributed by atoms with Gasteiger partial charge in [0.25, 0.3) is 11.5 Å². The predicted octanol–water partition coefficient (Wildman–Crippen LogP) is 2.77. The molecule has 1 heterocycles. The van der Waals surface area contributed by atoms with E-state index in [0.29, 0.717) is 40.9 Å². The van der Waals surface area contributed by atoms with Crippen LogP contribution in [-0.2, 0) is 4.74 Å². The molecular formula is C21H22N2O4. The first-order chi connectivity index (χ1) is 13.2. The van der Waals surface area contributed by atoms with Crippen LogP contribution < -0.4 is 15.6 Å². The van der Waals surface area contributed by atoms with Crippen molar-refractivity contribution >= 4 is 16.7 Å². The maximum atomic E-state index is 13.0. The lowest BCUT2D eigenvalue weighted by Crippen LogP contribution is -2.28. The topological polar surface area (TPSA) is 69.6 Å². The van der Waals surface area contributed by atoms with Gasteiger partial charge in [-0.1, -0.05) is 24.3 Å². The summed E-state index contributed by atoms with van der Waals surface area (Å²) in [6.45, 7) is 1.07. The third-order valence-corrected chi connectivity index (χ3v) is 4.31. The number of rotatable bonds is 7. The van der Waals surface area contributed by atoms with Gasteiger partial charge in [0.2, 0.25) is 0 Å². The number of benzene rings is 2. The third-order valence-electron chi connectivity index (χ3n) is 4.31. The quantitative estimate of drug-likeness (QED) is 0.653. The van der Waals surface area contributed by atoms with Gasteiger partial charge in [-0.05, 0) is 24.6 Å². The molecule has 0 unspecified atom stereocenters. The molecule has 0 aliphatic rings. The summed E-state index contributed by atoms with van der Waals surface area (Å²) < 4.78 is 11.7. The monoisotopic (exact) mass is 366 g/mol. The number of aromatic nitrogens is 1. The van der Waals surface area contributed by atoms with Crippen LogP contribution in [0.4, 0.5) is 0 Å². The van der Waals surface area contributed by atoms with Gasteiger partial charge >= 0.3 is 0 Å². The molecule has 3 rings (SSSR count). The molecule has 0 atom stereocenters. The van der Waals surface area contributed by atoms with E-state index in [0.717, 1.165) is 6.42 Å². The maximum absolute atomic E-state index is 13.0.